The number of halogens is 1. The second-order valence-corrected chi connectivity index (χ2v) is 3.15. The van der Waals surface area contributed by atoms with Crippen molar-refractivity contribution >= 4 is 27.0 Å². The van der Waals surface area contributed by atoms with Crippen LogP contribution in [0.3, 0.4) is 0 Å². The second kappa shape index (κ2) is 2.30. The molecule has 56 valence electrons. The first-order valence-corrected chi connectivity index (χ1v) is 4.00. The Balaban J connectivity index is 2.94. The van der Waals surface area contributed by atoms with Crippen LogP contribution in [0.5, 0.6) is 0 Å². The summed E-state index contributed by atoms with van der Waals surface area (Å²) in [5.41, 5.74) is 0.902. The van der Waals surface area contributed by atoms with Crippen molar-refractivity contribution in [3.05, 3.63) is 22.9 Å². The van der Waals surface area contributed by atoms with Crippen LogP contribution in [0.15, 0.2) is 22.9 Å². The van der Waals surface area contributed by atoms with E-state index in [9.17, 15) is 0 Å². The Morgan fingerprint density at radius 3 is 3.09 bits per heavy atom. The molecule has 2 aromatic heterocycles. The topological polar surface area (TPSA) is 30.7 Å². The van der Waals surface area contributed by atoms with Crippen LogP contribution in [0.4, 0.5) is 0 Å². The van der Waals surface area contributed by atoms with E-state index in [1.165, 1.54) is 0 Å². The van der Waals surface area contributed by atoms with Crippen LogP contribution < -0.4 is 0 Å². The minimum absolute atomic E-state index is 0.902. The van der Waals surface area contributed by atoms with Crippen LogP contribution >= 0.6 is 15.9 Å². The zero-order chi connectivity index (χ0) is 7.84. The minimum Gasteiger partial charge on any atom is -0.250 e. The largest absolute Gasteiger partial charge is 0.250 e. The van der Waals surface area contributed by atoms with Crippen molar-refractivity contribution in [2.24, 2.45) is 7.05 Å². The van der Waals surface area contributed by atoms with Crippen molar-refractivity contribution in [2.75, 3.05) is 0 Å². The summed E-state index contributed by atoms with van der Waals surface area (Å²) >= 11 is 3.42. The van der Waals surface area contributed by atoms with E-state index in [0.717, 1.165) is 15.5 Å². The van der Waals surface area contributed by atoms with Crippen molar-refractivity contribution in [1.29, 1.82) is 0 Å². The van der Waals surface area contributed by atoms with Gasteiger partial charge in [0.25, 0.3) is 0 Å². The van der Waals surface area contributed by atoms with E-state index in [4.69, 9.17) is 0 Å². The highest BCUT2D eigenvalue weighted by Gasteiger charge is 2.01. The first-order valence-electron chi connectivity index (χ1n) is 3.21. The normalized spacial score (nSPS) is 10.7. The molecule has 0 aromatic carbocycles. The lowest BCUT2D eigenvalue weighted by molar-refractivity contribution is 0.786. The molecule has 0 aliphatic rings. The maximum absolute atomic E-state index is 4.17. The predicted molar refractivity (Wildman–Crippen MR) is 46.2 cm³/mol. The van der Waals surface area contributed by atoms with Crippen molar-refractivity contribution < 1.29 is 0 Å². The van der Waals surface area contributed by atoms with Gasteiger partial charge in [0.15, 0.2) is 5.65 Å². The van der Waals surface area contributed by atoms with Gasteiger partial charge >= 0.3 is 0 Å². The monoisotopic (exact) mass is 211 g/mol. The van der Waals surface area contributed by atoms with Crippen LogP contribution in [0.1, 0.15) is 0 Å². The van der Waals surface area contributed by atoms with Crippen LogP contribution in [-0.4, -0.2) is 14.8 Å². The lowest BCUT2D eigenvalue weighted by atomic mass is 10.4. The highest BCUT2D eigenvalue weighted by Crippen LogP contribution is 2.20. The fourth-order valence-electron chi connectivity index (χ4n) is 1.02. The number of hydrogen-bond acceptors (Lipinski definition) is 2. The van der Waals surface area contributed by atoms with Gasteiger partial charge in [-0.25, -0.2) is 4.98 Å². The van der Waals surface area contributed by atoms with E-state index in [1.54, 1.807) is 17.1 Å². The average Bonchev–Trinajstić information content (AvgIpc) is 2.35. The van der Waals surface area contributed by atoms with Gasteiger partial charge in [-0.05, 0) is 22.0 Å². The van der Waals surface area contributed by atoms with Crippen molar-refractivity contribution in [3.63, 3.8) is 0 Å². The van der Waals surface area contributed by atoms with Crippen LogP contribution in [0.2, 0.25) is 0 Å². The van der Waals surface area contributed by atoms with E-state index >= 15 is 0 Å². The molecule has 2 heterocycles. The predicted octanol–water partition coefficient (Wildman–Crippen LogP) is 1.73. The fraction of sp³-hybridized carbons (Fsp3) is 0.143. The molecule has 2 rings (SSSR count). The molecule has 0 atom stereocenters. The van der Waals surface area contributed by atoms with E-state index in [0.29, 0.717) is 0 Å². The number of aryl methyl sites for hydroxylation is 1. The quantitative estimate of drug-likeness (QED) is 0.665. The Bertz CT molecular complexity index is 393. The minimum atomic E-state index is 0.902. The van der Waals surface area contributed by atoms with E-state index in [2.05, 4.69) is 26.0 Å². The Labute approximate surface area is 72.2 Å². The summed E-state index contributed by atoms with van der Waals surface area (Å²) in [6.45, 7) is 0. The van der Waals surface area contributed by atoms with E-state index < -0.39 is 0 Å². The smallest absolute Gasteiger partial charge is 0.158 e. The number of rotatable bonds is 0. The van der Waals surface area contributed by atoms with Gasteiger partial charge in [-0.2, -0.15) is 5.10 Å². The lowest BCUT2D eigenvalue weighted by Crippen LogP contribution is -1.90. The molecule has 0 unspecified atom stereocenters. The lowest BCUT2D eigenvalue weighted by Gasteiger charge is -1.92. The molecule has 0 fully saturated rings. The first-order chi connectivity index (χ1) is 5.29. The zero-order valence-electron chi connectivity index (χ0n) is 5.95. The number of fused-ring (bicyclic) bond motifs is 1. The number of nitrogens with zero attached hydrogens (tertiary/aromatic N) is 3. The van der Waals surface area contributed by atoms with Gasteiger partial charge in [-0.15, -0.1) is 0 Å². The van der Waals surface area contributed by atoms with Crippen LogP contribution in [0, 0.1) is 0 Å². The van der Waals surface area contributed by atoms with Crippen LogP contribution in [-0.2, 0) is 7.05 Å². The fourth-order valence-corrected chi connectivity index (χ4v) is 1.41. The summed E-state index contributed by atoms with van der Waals surface area (Å²) in [6, 6.07) is 1.91. The molecular weight excluding hydrogens is 206 g/mol. The van der Waals surface area contributed by atoms with Gasteiger partial charge in [-0.1, -0.05) is 0 Å². The summed E-state index contributed by atoms with van der Waals surface area (Å²) in [6.07, 6.45) is 3.56. The Kier molecular flexibility index (Phi) is 1.42. The molecule has 3 nitrogen and oxygen atoms in total. The third kappa shape index (κ3) is 0.939. The molecule has 0 amide bonds. The third-order valence-corrected chi connectivity index (χ3v) is 2.27. The molecule has 0 spiro atoms. The molecule has 0 aliphatic carbocycles. The highest BCUT2D eigenvalue weighted by atomic mass is 79.9. The third-order valence-electron chi connectivity index (χ3n) is 1.58. The van der Waals surface area contributed by atoms with Gasteiger partial charge in [0.1, 0.15) is 0 Å². The molecule has 0 radical (unpaired) electrons. The zero-order valence-corrected chi connectivity index (χ0v) is 7.54. The number of hydrogen-bond donors (Lipinski definition) is 0. The Morgan fingerprint density at radius 1 is 1.55 bits per heavy atom. The van der Waals surface area contributed by atoms with Gasteiger partial charge in [0.2, 0.25) is 0 Å². The van der Waals surface area contributed by atoms with Gasteiger partial charge in [-0.3, -0.25) is 4.68 Å². The second-order valence-electron chi connectivity index (χ2n) is 2.30. The first kappa shape index (κ1) is 6.79. The molecular formula is C7H6BrN3. The molecule has 0 aliphatic heterocycles. The standard InChI is InChI=1S/C7H6BrN3/c1-11-7-5(4-10-11)6(8)2-3-9-7/h2-4H,1H3. The van der Waals surface area contributed by atoms with Gasteiger partial charge < -0.3 is 0 Å². The maximum atomic E-state index is 4.17. The summed E-state index contributed by atoms with van der Waals surface area (Å²) in [4.78, 5) is 4.17. The summed E-state index contributed by atoms with van der Waals surface area (Å²) in [5, 5.41) is 5.13. The Hall–Kier alpha value is -0.900. The highest BCUT2D eigenvalue weighted by molar-refractivity contribution is 9.10. The van der Waals surface area contributed by atoms with Crippen LogP contribution in [0.25, 0.3) is 11.0 Å². The maximum Gasteiger partial charge on any atom is 0.158 e. The van der Waals surface area contributed by atoms with Crippen molar-refractivity contribution in [2.45, 2.75) is 0 Å². The van der Waals surface area contributed by atoms with Gasteiger partial charge in [0.05, 0.1) is 11.6 Å². The summed E-state index contributed by atoms with van der Waals surface area (Å²) < 4.78 is 2.79. The molecule has 2 aromatic rings. The molecule has 0 bridgehead atoms. The number of pyridine rings is 1. The summed E-state index contributed by atoms with van der Waals surface area (Å²) in [5.74, 6) is 0. The van der Waals surface area contributed by atoms with Crippen molar-refractivity contribution in [1.82, 2.24) is 14.8 Å². The molecule has 0 N–H and O–H groups in total. The van der Waals surface area contributed by atoms with E-state index in [-0.39, 0.29) is 0 Å². The molecule has 0 saturated heterocycles. The van der Waals surface area contributed by atoms with Gasteiger partial charge in [0, 0.05) is 17.7 Å². The van der Waals surface area contributed by atoms with E-state index in [1.807, 2.05) is 13.1 Å². The molecule has 0 saturated carbocycles. The Morgan fingerprint density at radius 2 is 2.36 bits per heavy atom. The number of aromatic nitrogens is 3. The SMILES string of the molecule is Cn1ncc2c(Br)ccnc21. The molecule has 11 heavy (non-hydrogen) atoms. The average molecular weight is 212 g/mol. The molecule has 4 heteroatoms. The van der Waals surface area contributed by atoms with Crippen molar-refractivity contribution in [3.8, 4) is 0 Å². The summed E-state index contributed by atoms with van der Waals surface area (Å²) in [7, 11) is 1.88.